The van der Waals surface area contributed by atoms with Gasteiger partial charge in [0.15, 0.2) is 0 Å². The molecule has 7 nitrogen and oxygen atoms in total. The van der Waals surface area contributed by atoms with Crippen LogP contribution in [0.25, 0.3) is 11.1 Å². The normalized spacial score (nSPS) is 12.2. The first-order valence-electron chi connectivity index (χ1n) is 11.1. The molecule has 0 aromatic heterocycles. The molecule has 35 heavy (non-hydrogen) atoms. The van der Waals surface area contributed by atoms with Crippen LogP contribution in [0.2, 0.25) is 0 Å². The molecule has 2 N–H and O–H groups in total. The van der Waals surface area contributed by atoms with Crippen LogP contribution >= 0.6 is 0 Å². The highest BCUT2D eigenvalue weighted by Crippen LogP contribution is 2.44. The van der Waals surface area contributed by atoms with Gasteiger partial charge >= 0.3 is 12.1 Å². The molecule has 0 saturated heterocycles. The monoisotopic (exact) mass is 463 g/mol. The van der Waals surface area contributed by atoms with Crippen LogP contribution in [0, 0.1) is 0 Å². The van der Waals surface area contributed by atoms with E-state index in [-0.39, 0.29) is 18.1 Å². The molecule has 0 saturated carbocycles. The summed E-state index contributed by atoms with van der Waals surface area (Å²) in [6, 6.07) is 29.4. The summed E-state index contributed by atoms with van der Waals surface area (Å²) in [5, 5.41) is 19.9. The molecule has 0 bridgehead atoms. The minimum absolute atomic E-state index is 0.000465. The van der Waals surface area contributed by atoms with Crippen molar-refractivity contribution < 1.29 is 19.4 Å². The summed E-state index contributed by atoms with van der Waals surface area (Å²) in [6.45, 7) is 0.243. The van der Waals surface area contributed by atoms with Crippen molar-refractivity contribution in [3.63, 3.8) is 0 Å². The number of nitrogens with one attached hydrogen (secondary N) is 1. The first kappa shape index (κ1) is 22.0. The van der Waals surface area contributed by atoms with Gasteiger partial charge in [0.25, 0.3) is 0 Å². The Morgan fingerprint density at radius 2 is 1.26 bits per heavy atom. The fourth-order valence-electron chi connectivity index (χ4n) is 4.15. The van der Waals surface area contributed by atoms with Gasteiger partial charge in [-0.1, -0.05) is 48.5 Å². The van der Waals surface area contributed by atoms with Crippen LogP contribution < -0.4 is 5.32 Å². The van der Waals surface area contributed by atoms with E-state index < -0.39 is 12.1 Å². The molecule has 0 unspecified atom stereocenters. The molecule has 7 heteroatoms. The summed E-state index contributed by atoms with van der Waals surface area (Å²) in [7, 11) is 0. The van der Waals surface area contributed by atoms with Gasteiger partial charge in [-0.05, 0) is 70.8 Å². The highest BCUT2D eigenvalue weighted by atomic mass is 16.5. The Morgan fingerprint density at radius 1 is 0.743 bits per heavy atom. The van der Waals surface area contributed by atoms with E-state index in [9.17, 15) is 9.59 Å². The van der Waals surface area contributed by atoms with Crippen molar-refractivity contribution in [1.82, 2.24) is 0 Å². The number of nitrogens with zero attached hydrogens (tertiary/aromatic N) is 2. The van der Waals surface area contributed by atoms with Crippen molar-refractivity contribution in [3.05, 3.63) is 114 Å². The Hall–Kier alpha value is -4.78. The van der Waals surface area contributed by atoms with E-state index in [1.807, 2.05) is 24.3 Å². The van der Waals surface area contributed by atoms with E-state index in [1.54, 1.807) is 36.4 Å². The molecule has 0 fully saturated rings. The predicted molar refractivity (Wildman–Crippen MR) is 133 cm³/mol. The second-order valence-corrected chi connectivity index (χ2v) is 8.05. The second-order valence-electron chi connectivity index (χ2n) is 8.05. The second kappa shape index (κ2) is 9.61. The zero-order chi connectivity index (χ0) is 24.2. The molecule has 0 aliphatic heterocycles. The summed E-state index contributed by atoms with van der Waals surface area (Å²) in [5.74, 6) is -0.992. The van der Waals surface area contributed by atoms with Crippen LogP contribution in [0.3, 0.4) is 0 Å². The SMILES string of the molecule is O=C(Nc1ccc(N=Nc2ccc(C(=O)O)cc2)cc1)OCC1c2ccccc2-c2ccccc21. The van der Waals surface area contributed by atoms with E-state index in [4.69, 9.17) is 9.84 Å². The quantitative estimate of drug-likeness (QED) is 0.296. The standard InChI is InChI=1S/C28H21N3O4/c32-27(33)18-9-11-20(12-10-18)30-31-21-15-13-19(14-16-21)29-28(34)35-17-26-24-7-3-1-5-22(24)23-6-2-4-8-25(23)26/h1-16,26H,17H2,(H,29,34)(H,32,33). The number of benzene rings is 4. The molecule has 1 amide bonds. The fraction of sp³-hybridized carbons (Fsp3) is 0.0714. The topological polar surface area (TPSA) is 100 Å². The molecule has 0 heterocycles. The first-order valence-corrected chi connectivity index (χ1v) is 11.1. The number of carboxylic acid groups (broad SMARTS) is 1. The van der Waals surface area contributed by atoms with E-state index in [2.05, 4.69) is 39.8 Å². The number of hydrogen-bond acceptors (Lipinski definition) is 5. The third-order valence-corrected chi connectivity index (χ3v) is 5.85. The average molecular weight is 463 g/mol. The smallest absolute Gasteiger partial charge is 0.411 e. The molecule has 172 valence electrons. The zero-order valence-electron chi connectivity index (χ0n) is 18.6. The first-order chi connectivity index (χ1) is 17.1. The van der Waals surface area contributed by atoms with Gasteiger partial charge in [0.1, 0.15) is 6.61 Å². The van der Waals surface area contributed by atoms with Crippen molar-refractivity contribution >= 4 is 29.1 Å². The number of aromatic carboxylic acids is 1. The number of anilines is 1. The molecule has 0 atom stereocenters. The molecule has 1 aliphatic carbocycles. The van der Waals surface area contributed by atoms with Crippen molar-refractivity contribution in [3.8, 4) is 11.1 Å². The molecule has 1 aliphatic rings. The highest BCUT2D eigenvalue weighted by Gasteiger charge is 2.28. The number of rotatable bonds is 6. The van der Waals surface area contributed by atoms with Crippen molar-refractivity contribution in [2.24, 2.45) is 10.2 Å². The Balaban J connectivity index is 1.18. The summed E-state index contributed by atoms with van der Waals surface area (Å²) in [5.41, 5.74) is 6.57. The van der Waals surface area contributed by atoms with E-state index >= 15 is 0 Å². The molecule has 5 rings (SSSR count). The number of fused-ring (bicyclic) bond motifs is 3. The van der Waals surface area contributed by atoms with Gasteiger partial charge in [-0.15, -0.1) is 0 Å². The van der Waals surface area contributed by atoms with Gasteiger partial charge in [-0.3, -0.25) is 5.32 Å². The van der Waals surface area contributed by atoms with Crippen LogP contribution in [-0.4, -0.2) is 23.8 Å². The van der Waals surface area contributed by atoms with E-state index in [1.165, 1.54) is 23.3 Å². The van der Waals surface area contributed by atoms with Crippen LogP contribution in [0.5, 0.6) is 0 Å². The van der Waals surface area contributed by atoms with Gasteiger partial charge in [0, 0.05) is 11.6 Å². The Morgan fingerprint density at radius 3 is 1.80 bits per heavy atom. The maximum Gasteiger partial charge on any atom is 0.411 e. The predicted octanol–water partition coefficient (Wildman–Crippen LogP) is 7.16. The molecule has 0 radical (unpaired) electrons. The minimum Gasteiger partial charge on any atom is -0.478 e. The van der Waals surface area contributed by atoms with Crippen molar-refractivity contribution in [2.75, 3.05) is 11.9 Å². The third-order valence-electron chi connectivity index (χ3n) is 5.85. The maximum atomic E-state index is 12.4. The van der Waals surface area contributed by atoms with Gasteiger partial charge in [0.2, 0.25) is 0 Å². The summed E-state index contributed by atoms with van der Waals surface area (Å²) < 4.78 is 5.57. The number of ether oxygens (including phenoxy) is 1. The lowest BCUT2D eigenvalue weighted by Gasteiger charge is -2.14. The largest absolute Gasteiger partial charge is 0.478 e. The lowest BCUT2D eigenvalue weighted by Crippen LogP contribution is -2.17. The average Bonchev–Trinajstić information content (AvgIpc) is 3.21. The fourth-order valence-corrected chi connectivity index (χ4v) is 4.15. The Labute approximate surface area is 201 Å². The van der Waals surface area contributed by atoms with Gasteiger partial charge in [-0.25, -0.2) is 9.59 Å². The summed E-state index contributed by atoms with van der Waals surface area (Å²) in [4.78, 5) is 23.4. The zero-order valence-corrected chi connectivity index (χ0v) is 18.6. The highest BCUT2D eigenvalue weighted by molar-refractivity contribution is 5.88. The van der Waals surface area contributed by atoms with Gasteiger partial charge < -0.3 is 9.84 Å². The Bertz CT molecular complexity index is 1370. The third kappa shape index (κ3) is 4.79. The van der Waals surface area contributed by atoms with E-state index in [0.717, 1.165) is 11.1 Å². The molecule has 4 aromatic rings. The van der Waals surface area contributed by atoms with Crippen LogP contribution in [0.4, 0.5) is 21.9 Å². The maximum absolute atomic E-state index is 12.4. The number of carboxylic acids is 1. The number of carbonyl (C=O) groups excluding carboxylic acids is 1. The minimum atomic E-state index is -0.993. The van der Waals surface area contributed by atoms with Crippen LogP contribution in [0.1, 0.15) is 27.4 Å². The van der Waals surface area contributed by atoms with Crippen molar-refractivity contribution in [1.29, 1.82) is 0 Å². The number of carbonyl (C=O) groups is 2. The summed E-state index contributed by atoms with van der Waals surface area (Å²) in [6.07, 6.45) is -0.528. The van der Waals surface area contributed by atoms with Crippen molar-refractivity contribution in [2.45, 2.75) is 5.92 Å². The molecule has 0 spiro atoms. The Kier molecular flexibility index (Phi) is 6.05. The lowest BCUT2D eigenvalue weighted by atomic mass is 9.98. The molecule has 4 aromatic carbocycles. The van der Waals surface area contributed by atoms with E-state index in [0.29, 0.717) is 17.1 Å². The molecular formula is C28H21N3O4. The van der Waals surface area contributed by atoms with Gasteiger partial charge in [-0.2, -0.15) is 10.2 Å². The van der Waals surface area contributed by atoms with Gasteiger partial charge in [0.05, 0.1) is 16.9 Å². The van der Waals surface area contributed by atoms with Crippen LogP contribution in [0.15, 0.2) is 107 Å². The lowest BCUT2D eigenvalue weighted by molar-refractivity contribution is 0.0697. The summed E-state index contributed by atoms with van der Waals surface area (Å²) >= 11 is 0. The number of hydrogen-bond donors (Lipinski definition) is 2. The number of amides is 1. The molecular weight excluding hydrogens is 442 g/mol. The number of azo groups is 1. The van der Waals surface area contributed by atoms with Crippen LogP contribution in [-0.2, 0) is 4.74 Å².